The molecular formula is C22H28N4O4+2. The van der Waals surface area contributed by atoms with Crippen molar-refractivity contribution in [1.82, 2.24) is 9.13 Å². The summed E-state index contributed by atoms with van der Waals surface area (Å²) in [5, 5.41) is 0.923. The van der Waals surface area contributed by atoms with Crippen LogP contribution in [0.2, 0.25) is 0 Å². The Morgan fingerprint density at radius 3 is 1.17 bits per heavy atom. The molecule has 0 amide bonds. The van der Waals surface area contributed by atoms with Gasteiger partial charge in [0.25, 0.3) is 22.2 Å². The first kappa shape index (κ1) is 19.4. The van der Waals surface area contributed by atoms with Gasteiger partial charge in [0.1, 0.15) is 12.1 Å². The van der Waals surface area contributed by atoms with Crippen molar-refractivity contribution in [2.24, 2.45) is 0 Å². The highest BCUT2D eigenvalue weighted by molar-refractivity contribution is 5.97. The Balaban J connectivity index is 1.73. The summed E-state index contributed by atoms with van der Waals surface area (Å²) >= 11 is 0. The van der Waals surface area contributed by atoms with Crippen LogP contribution >= 0.6 is 0 Å². The summed E-state index contributed by atoms with van der Waals surface area (Å²) < 4.78 is 2.63. The van der Waals surface area contributed by atoms with Crippen LogP contribution in [0.15, 0.2) is 31.3 Å². The molecule has 8 nitrogen and oxygen atoms in total. The van der Waals surface area contributed by atoms with Gasteiger partial charge in [-0.2, -0.15) is 0 Å². The van der Waals surface area contributed by atoms with Gasteiger partial charge in [0.2, 0.25) is 0 Å². The van der Waals surface area contributed by atoms with Gasteiger partial charge >= 0.3 is 0 Å². The molecule has 158 valence electrons. The molecule has 6 N–H and O–H groups in total. The van der Waals surface area contributed by atoms with E-state index in [9.17, 15) is 19.2 Å². The summed E-state index contributed by atoms with van der Waals surface area (Å²) in [5.41, 5.74) is 6.80. The molecule has 0 spiro atoms. The Labute approximate surface area is 171 Å². The number of rotatable bonds is 2. The van der Waals surface area contributed by atoms with Gasteiger partial charge in [-0.1, -0.05) is 12.8 Å². The predicted molar refractivity (Wildman–Crippen MR) is 113 cm³/mol. The Hall–Kier alpha value is -2.58. The molecule has 4 atom stereocenters. The average Bonchev–Trinajstić information content (AvgIpc) is 3.12. The molecule has 0 unspecified atom stereocenters. The molecule has 2 heterocycles. The van der Waals surface area contributed by atoms with E-state index in [2.05, 4.69) is 11.5 Å². The van der Waals surface area contributed by atoms with Crippen LogP contribution in [-0.4, -0.2) is 21.2 Å². The van der Waals surface area contributed by atoms with Crippen LogP contribution in [0, 0.1) is 0 Å². The highest BCUT2D eigenvalue weighted by Gasteiger charge is 2.33. The van der Waals surface area contributed by atoms with E-state index >= 15 is 0 Å². The van der Waals surface area contributed by atoms with Gasteiger partial charge in [0, 0.05) is 12.8 Å². The van der Waals surface area contributed by atoms with Crippen molar-refractivity contribution in [2.45, 2.75) is 75.5 Å². The van der Waals surface area contributed by atoms with E-state index in [1.807, 2.05) is 0 Å². The van der Waals surface area contributed by atoms with Crippen molar-refractivity contribution in [2.75, 3.05) is 0 Å². The molecule has 1 aromatic carbocycles. The van der Waals surface area contributed by atoms with Gasteiger partial charge in [-0.3, -0.25) is 28.3 Å². The molecule has 2 saturated carbocycles. The Bertz CT molecular complexity index is 1170. The second-order valence-electron chi connectivity index (χ2n) is 9.13. The van der Waals surface area contributed by atoms with Crippen LogP contribution in [0.25, 0.3) is 21.5 Å². The fourth-order valence-electron chi connectivity index (χ4n) is 5.67. The predicted octanol–water partition coefficient (Wildman–Crippen LogP) is -0.636. The summed E-state index contributed by atoms with van der Waals surface area (Å²) in [6.45, 7) is 0. The third kappa shape index (κ3) is 2.66. The molecule has 5 rings (SSSR count). The van der Waals surface area contributed by atoms with Gasteiger partial charge in [-0.25, -0.2) is 0 Å². The van der Waals surface area contributed by atoms with Gasteiger partial charge < -0.3 is 11.5 Å². The first-order valence-electron chi connectivity index (χ1n) is 11.0. The van der Waals surface area contributed by atoms with Crippen LogP contribution in [0.3, 0.4) is 0 Å². The number of aromatic nitrogens is 2. The van der Waals surface area contributed by atoms with Crippen LogP contribution in [0.4, 0.5) is 0 Å². The summed E-state index contributed by atoms with van der Waals surface area (Å²) in [5.74, 6) is 0. The number of quaternary nitrogens is 2. The van der Waals surface area contributed by atoms with Crippen molar-refractivity contribution in [1.29, 1.82) is 0 Å². The second-order valence-corrected chi connectivity index (χ2v) is 9.13. The SMILES string of the molecule is [NH3+][C@@H]1CCCC[C@H]1n1c(=O)c2cc3c(=O)n([C@@H]4CCCC[C@H]4[NH3+])c(=O)c3cc2c1=O. The highest BCUT2D eigenvalue weighted by Crippen LogP contribution is 2.27. The molecule has 2 aliphatic carbocycles. The van der Waals surface area contributed by atoms with Crippen LogP contribution in [0.5, 0.6) is 0 Å². The lowest BCUT2D eigenvalue weighted by atomic mass is 9.91. The summed E-state index contributed by atoms with van der Waals surface area (Å²) in [7, 11) is 0. The van der Waals surface area contributed by atoms with E-state index in [4.69, 9.17) is 0 Å². The standard InChI is InChI=1S/C22H26N4O4/c23-15-5-1-3-7-17(15)25-19(27)11-9-13-14(10-12(11)20(25)28)22(30)26(21(13)29)18-8-4-2-6-16(18)24/h9-10,15-18H,1-8,23-24H2/p+2/t15-,16-,17-,18-/m1/s1. The smallest absolute Gasteiger partial charge is 0.262 e. The maximum Gasteiger partial charge on any atom is 0.262 e. The third-order valence-corrected chi connectivity index (χ3v) is 7.36. The van der Waals surface area contributed by atoms with Crippen LogP contribution in [-0.2, 0) is 0 Å². The Morgan fingerprint density at radius 2 is 0.867 bits per heavy atom. The molecule has 2 aliphatic rings. The van der Waals surface area contributed by atoms with E-state index in [1.54, 1.807) is 0 Å². The monoisotopic (exact) mass is 412 g/mol. The normalized spacial score (nSPS) is 27.8. The van der Waals surface area contributed by atoms with Crippen molar-refractivity contribution >= 4 is 21.5 Å². The maximum atomic E-state index is 13.1. The van der Waals surface area contributed by atoms with E-state index < -0.39 is 0 Å². The van der Waals surface area contributed by atoms with Gasteiger partial charge in [-0.15, -0.1) is 0 Å². The lowest BCUT2D eigenvalue weighted by Crippen LogP contribution is -2.66. The van der Waals surface area contributed by atoms with E-state index in [-0.39, 0.29) is 67.9 Å². The van der Waals surface area contributed by atoms with Gasteiger partial charge in [0.15, 0.2) is 0 Å². The number of hydrogen-bond acceptors (Lipinski definition) is 4. The lowest BCUT2D eigenvalue weighted by Gasteiger charge is -2.25. The zero-order valence-corrected chi connectivity index (χ0v) is 17.1. The number of nitrogens with zero attached hydrogens (tertiary/aromatic N) is 2. The van der Waals surface area contributed by atoms with E-state index in [1.165, 1.54) is 21.3 Å². The van der Waals surface area contributed by atoms with Crippen LogP contribution < -0.4 is 33.7 Å². The summed E-state index contributed by atoms with van der Waals surface area (Å²) in [6.07, 6.45) is 7.28. The van der Waals surface area contributed by atoms with Crippen molar-refractivity contribution in [3.8, 4) is 0 Å². The fourth-order valence-corrected chi connectivity index (χ4v) is 5.67. The van der Waals surface area contributed by atoms with E-state index in [0.717, 1.165) is 51.4 Å². The minimum absolute atomic E-state index is 0.00635. The van der Waals surface area contributed by atoms with Crippen molar-refractivity contribution in [3.63, 3.8) is 0 Å². The molecule has 2 aromatic heterocycles. The van der Waals surface area contributed by atoms with Gasteiger partial charge in [0.05, 0.1) is 33.6 Å². The number of hydrogen-bond donors (Lipinski definition) is 2. The fraction of sp³-hybridized carbons (Fsp3) is 0.545. The van der Waals surface area contributed by atoms with Crippen molar-refractivity contribution in [3.05, 3.63) is 53.5 Å². The van der Waals surface area contributed by atoms with Gasteiger partial charge in [-0.05, 0) is 37.8 Å². The minimum atomic E-state index is -0.371. The highest BCUT2D eigenvalue weighted by atomic mass is 16.2. The molecule has 0 radical (unpaired) electrons. The lowest BCUT2D eigenvalue weighted by molar-refractivity contribution is -0.436. The number of fused-ring (bicyclic) bond motifs is 2. The Kier molecular flexibility index (Phi) is 4.52. The first-order chi connectivity index (χ1) is 14.4. The van der Waals surface area contributed by atoms with E-state index in [0.29, 0.717) is 0 Å². The average molecular weight is 412 g/mol. The molecular weight excluding hydrogens is 384 g/mol. The molecule has 30 heavy (non-hydrogen) atoms. The summed E-state index contributed by atoms with van der Waals surface area (Å²) in [6, 6.07) is 2.50. The molecule has 8 heteroatoms. The summed E-state index contributed by atoms with van der Waals surface area (Å²) in [4.78, 5) is 52.5. The molecule has 0 saturated heterocycles. The first-order valence-corrected chi connectivity index (χ1v) is 11.0. The quantitative estimate of drug-likeness (QED) is 0.579. The maximum absolute atomic E-state index is 13.1. The second kappa shape index (κ2) is 6.99. The molecule has 0 bridgehead atoms. The molecule has 0 aliphatic heterocycles. The zero-order chi connectivity index (χ0) is 21.2. The minimum Gasteiger partial charge on any atom is -0.353 e. The van der Waals surface area contributed by atoms with Crippen LogP contribution in [0.1, 0.15) is 63.5 Å². The number of benzene rings is 1. The third-order valence-electron chi connectivity index (χ3n) is 7.36. The topological polar surface area (TPSA) is 133 Å². The van der Waals surface area contributed by atoms with Crippen molar-refractivity contribution < 1.29 is 11.5 Å². The largest absolute Gasteiger partial charge is 0.353 e. The molecule has 3 aromatic rings. The Morgan fingerprint density at radius 1 is 0.567 bits per heavy atom. The zero-order valence-electron chi connectivity index (χ0n) is 17.1. The molecule has 2 fully saturated rings.